The molecule has 0 unspecified atom stereocenters. The minimum Gasteiger partial charge on any atom is -0.453 e. The van der Waals surface area contributed by atoms with Crippen molar-refractivity contribution in [2.45, 2.75) is 32.4 Å². The minimum atomic E-state index is -1.13. The van der Waals surface area contributed by atoms with Crippen molar-refractivity contribution in [2.75, 3.05) is 6.61 Å². The molecule has 0 saturated heterocycles. The Hall–Kier alpha value is -0.953. The summed E-state index contributed by atoms with van der Waals surface area (Å²) in [7, 11) is -1.13. The van der Waals surface area contributed by atoms with E-state index in [-0.39, 0.29) is 0 Å². The van der Waals surface area contributed by atoms with Gasteiger partial charge < -0.3 is 14.0 Å². The van der Waals surface area contributed by atoms with Crippen molar-refractivity contribution in [3.63, 3.8) is 0 Å². The zero-order valence-electron chi connectivity index (χ0n) is 15.7. The third kappa shape index (κ3) is 5.35. The van der Waals surface area contributed by atoms with Crippen LogP contribution in [-0.4, -0.2) is 24.2 Å². The third-order valence-corrected chi connectivity index (χ3v) is 6.74. The molecule has 0 atom stereocenters. The van der Waals surface area contributed by atoms with Crippen molar-refractivity contribution in [2.24, 2.45) is 0 Å². The van der Waals surface area contributed by atoms with E-state index in [1.165, 1.54) is 0 Å². The van der Waals surface area contributed by atoms with E-state index in [1.54, 1.807) is 18.2 Å². The van der Waals surface area contributed by atoms with E-state index >= 15 is 0 Å². The van der Waals surface area contributed by atoms with Crippen molar-refractivity contribution in [1.82, 2.24) is 9.55 Å². The van der Waals surface area contributed by atoms with Gasteiger partial charge in [0.25, 0.3) is 0 Å². The number of ether oxygens (including phenoxy) is 2. The molecule has 0 aliphatic rings. The predicted molar refractivity (Wildman–Crippen MR) is 120 cm³/mol. The fourth-order valence-corrected chi connectivity index (χ4v) is 4.40. The summed E-state index contributed by atoms with van der Waals surface area (Å²) in [5.74, 6) is 0.817. The average molecular weight is 478 g/mol. The molecule has 0 saturated carbocycles. The molecule has 1 aromatic carbocycles. The molecule has 0 radical (unpaired) electrons. The molecule has 0 aliphatic heterocycles. The molecule has 2 heterocycles. The number of pyridine rings is 1. The maximum Gasteiger partial charge on any atom is 0.164 e. The standard InChI is InChI=1S/C19H20Cl4N2O2Si/c1-28(2,3)7-6-26-11-25-5-4-13-16(10-17(23)24-19(13)25)27-18-14(21)8-12(20)9-15(18)22/h4-5,8-10H,6-7,11H2,1-3H3. The molecule has 0 N–H and O–H groups in total. The molecule has 0 fully saturated rings. The number of hydrogen-bond acceptors (Lipinski definition) is 3. The van der Waals surface area contributed by atoms with Crippen LogP contribution in [0.4, 0.5) is 0 Å². The summed E-state index contributed by atoms with van der Waals surface area (Å²) >= 11 is 24.7. The third-order valence-electron chi connectivity index (χ3n) is 4.06. The fourth-order valence-electron chi connectivity index (χ4n) is 2.57. The van der Waals surface area contributed by atoms with Gasteiger partial charge >= 0.3 is 0 Å². The van der Waals surface area contributed by atoms with Gasteiger partial charge in [-0.05, 0) is 24.2 Å². The van der Waals surface area contributed by atoms with E-state index in [2.05, 4.69) is 24.6 Å². The van der Waals surface area contributed by atoms with Crippen molar-refractivity contribution >= 4 is 65.5 Å². The van der Waals surface area contributed by atoms with Crippen LogP contribution in [0.2, 0.25) is 45.9 Å². The van der Waals surface area contributed by atoms with Crippen LogP contribution in [0, 0.1) is 0 Å². The quantitative estimate of drug-likeness (QED) is 0.198. The molecule has 3 aromatic rings. The summed E-state index contributed by atoms with van der Waals surface area (Å²) in [5.41, 5.74) is 0.664. The molecule has 9 heteroatoms. The number of nitrogens with zero attached hydrogens (tertiary/aromatic N) is 2. The smallest absolute Gasteiger partial charge is 0.164 e. The van der Waals surface area contributed by atoms with Gasteiger partial charge in [0.05, 0.1) is 15.4 Å². The Labute approximate surface area is 185 Å². The first-order valence-electron chi connectivity index (χ1n) is 8.69. The van der Waals surface area contributed by atoms with Gasteiger partial charge in [0.2, 0.25) is 0 Å². The van der Waals surface area contributed by atoms with Gasteiger partial charge in [0, 0.05) is 32.0 Å². The molecule has 28 heavy (non-hydrogen) atoms. The Morgan fingerprint density at radius 1 is 1.04 bits per heavy atom. The molecule has 4 nitrogen and oxygen atoms in total. The van der Waals surface area contributed by atoms with E-state index in [0.29, 0.717) is 44.1 Å². The lowest BCUT2D eigenvalue weighted by Gasteiger charge is -2.16. The Morgan fingerprint density at radius 3 is 2.36 bits per heavy atom. The Kier molecular flexibility index (Phi) is 6.85. The van der Waals surface area contributed by atoms with Crippen LogP contribution < -0.4 is 4.74 Å². The van der Waals surface area contributed by atoms with Crippen LogP contribution in [0.15, 0.2) is 30.5 Å². The van der Waals surface area contributed by atoms with Gasteiger partial charge in [0.15, 0.2) is 5.75 Å². The molecule has 3 rings (SSSR count). The van der Waals surface area contributed by atoms with Gasteiger partial charge in [-0.15, -0.1) is 0 Å². The maximum absolute atomic E-state index is 6.24. The largest absolute Gasteiger partial charge is 0.453 e. The van der Waals surface area contributed by atoms with E-state index in [1.807, 2.05) is 16.8 Å². The SMILES string of the molecule is C[Si](C)(C)CCOCn1ccc2c(Oc3c(Cl)cc(Cl)cc3Cl)cc(Cl)nc21. The Balaban J connectivity index is 1.86. The normalized spacial score (nSPS) is 12.0. The highest BCUT2D eigenvalue weighted by Crippen LogP contribution is 2.41. The number of hydrogen-bond donors (Lipinski definition) is 0. The fraction of sp³-hybridized carbons (Fsp3) is 0.316. The molecule has 0 amide bonds. The van der Waals surface area contributed by atoms with E-state index in [4.69, 9.17) is 55.9 Å². The molecule has 2 aromatic heterocycles. The lowest BCUT2D eigenvalue weighted by molar-refractivity contribution is 0.0899. The van der Waals surface area contributed by atoms with Gasteiger partial charge in [0.1, 0.15) is 23.3 Å². The van der Waals surface area contributed by atoms with Gasteiger partial charge in [-0.1, -0.05) is 66.0 Å². The summed E-state index contributed by atoms with van der Waals surface area (Å²) in [4.78, 5) is 4.41. The minimum absolute atomic E-state index is 0.297. The van der Waals surface area contributed by atoms with E-state index in [0.717, 1.165) is 18.0 Å². The monoisotopic (exact) mass is 476 g/mol. The lowest BCUT2D eigenvalue weighted by Crippen LogP contribution is -2.22. The van der Waals surface area contributed by atoms with Crippen molar-refractivity contribution in [1.29, 1.82) is 0 Å². The molecule has 0 aliphatic carbocycles. The predicted octanol–water partition coefficient (Wildman–Crippen LogP) is 7.75. The first kappa shape index (κ1) is 21.7. The zero-order valence-corrected chi connectivity index (χ0v) is 19.8. The summed E-state index contributed by atoms with van der Waals surface area (Å²) < 4.78 is 13.7. The van der Waals surface area contributed by atoms with Crippen molar-refractivity contribution in [3.05, 3.63) is 50.7 Å². The van der Waals surface area contributed by atoms with Crippen LogP contribution in [0.1, 0.15) is 0 Å². The number of aromatic nitrogens is 2. The molecule has 150 valence electrons. The lowest BCUT2D eigenvalue weighted by atomic mass is 10.3. The summed E-state index contributed by atoms with van der Waals surface area (Å²) in [6.07, 6.45) is 1.89. The second-order valence-electron chi connectivity index (χ2n) is 7.61. The highest BCUT2D eigenvalue weighted by atomic mass is 35.5. The first-order valence-corrected chi connectivity index (χ1v) is 13.9. The number of rotatable bonds is 7. The van der Waals surface area contributed by atoms with Crippen LogP contribution in [0.3, 0.4) is 0 Å². The van der Waals surface area contributed by atoms with Crippen LogP contribution >= 0.6 is 46.4 Å². The Bertz CT molecular complexity index is 978. The second kappa shape index (κ2) is 8.82. The number of halogens is 4. The summed E-state index contributed by atoms with van der Waals surface area (Å²) in [5, 5.41) is 2.13. The summed E-state index contributed by atoms with van der Waals surface area (Å²) in [6, 6.07) is 7.77. The number of benzene rings is 1. The van der Waals surface area contributed by atoms with Crippen LogP contribution in [0.5, 0.6) is 11.5 Å². The van der Waals surface area contributed by atoms with Crippen molar-refractivity contribution in [3.8, 4) is 11.5 Å². The van der Waals surface area contributed by atoms with E-state index < -0.39 is 8.07 Å². The Morgan fingerprint density at radius 2 is 1.71 bits per heavy atom. The topological polar surface area (TPSA) is 36.3 Å². The molecule has 0 spiro atoms. The first-order chi connectivity index (χ1) is 13.1. The highest BCUT2D eigenvalue weighted by molar-refractivity contribution is 6.76. The van der Waals surface area contributed by atoms with Gasteiger partial charge in [-0.2, -0.15) is 0 Å². The average Bonchev–Trinajstić information content (AvgIpc) is 2.97. The van der Waals surface area contributed by atoms with Gasteiger partial charge in [-0.3, -0.25) is 0 Å². The second-order valence-corrected chi connectivity index (χ2v) is 14.9. The maximum atomic E-state index is 6.24. The summed E-state index contributed by atoms with van der Waals surface area (Å²) in [6.45, 7) is 8.07. The van der Waals surface area contributed by atoms with Crippen molar-refractivity contribution < 1.29 is 9.47 Å². The highest BCUT2D eigenvalue weighted by Gasteiger charge is 2.16. The molecular formula is C19H20Cl4N2O2Si. The van der Waals surface area contributed by atoms with Crippen LogP contribution in [0.25, 0.3) is 11.0 Å². The van der Waals surface area contributed by atoms with Gasteiger partial charge in [-0.25, -0.2) is 4.98 Å². The van der Waals surface area contributed by atoms with E-state index in [9.17, 15) is 0 Å². The zero-order chi connectivity index (χ0) is 20.5. The van der Waals surface area contributed by atoms with Crippen LogP contribution in [-0.2, 0) is 11.5 Å². The number of fused-ring (bicyclic) bond motifs is 1. The molecular weight excluding hydrogens is 458 g/mol. The molecule has 0 bridgehead atoms.